The molecular formula is C19H18FN7O3. The number of hydrogen-bond donors (Lipinski definition) is 2. The molecule has 0 saturated carbocycles. The molecule has 5 rings (SSSR count). The fourth-order valence-corrected chi connectivity index (χ4v) is 3.80. The standard InChI is InChI=1S/C19H18FN7O3/c1-21-17(28)15-14-16(27(19(29)24-14)11-4-6-30-7-5-11)25-18(23-15)26-9-22-12-3-2-10(20)8-13(12)26/h2-3,8-9,11H,4-7H2,1H3,(H,21,28)(H,24,29). The van der Waals surface area contributed by atoms with Crippen LogP contribution in [0, 0.1) is 5.82 Å². The number of amides is 1. The van der Waals surface area contributed by atoms with E-state index in [1.807, 2.05) is 0 Å². The second-order valence-corrected chi connectivity index (χ2v) is 7.04. The summed E-state index contributed by atoms with van der Waals surface area (Å²) in [5.41, 5.74) is 1.23. The zero-order valence-corrected chi connectivity index (χ0v) is 16.1. The third-order valence-electron chi connectivity index (χ3n) is 5.28. The number of benzene rings is 1. The van der Waals surface area contributed by atoms with Crippen LogP contribution in [0.4, 0.5) is 4.39 Å². The Labute approximate surface area is 168 Å². The molecule has 30 heavy (non-hydrogen) atoms. The first-order valence-corrected chi connectivity index (χ1v) is 9.52. The van der Waals surface area contributed by atoms with Crippen LogP contribution in [0.15, 0.2) is 29.3 Å². The molecule has 0 bridgehead atoms. The summed E-state index contributed by atoms with van der Waals surface area (Å²) < 4.78 is 22.3. The minimum Gasteiger partial charge on any atom is -0.381 e. The van der Waals surface area contributed by atoms with Gasteiger partial charge in [0.2, 0.25) is 5.95 Å². The maximum atomic E-state index is 13.8. The number of ether oxygens (including phenoxy) is 1. The third-order valence-corrected chi connectivity index (χ3v) is 5.28. The molecular weight excluding hydrogens is 393 g/mol. The van der Waals surface area contributed by atoms with Crippen LogP contribution in [-0.4, -0.2) is 55.2 Å². The molecule has 4 heterocycles. The van der Waals surface area contributed by atoms with Gasteiger partial charge < -0.3 is 15.0 Å². The summed E-state index contributed by atoms with van der Waals surface area (Å²) in [5, 5.41) is 2.54. The van der Waals surface area contributed by atoms with Crippen LogP contribution in [0.2, 0.25) is 0 Å². The molecule has 0 atom stereocenters. The first-order valence-electron chi connectivity index (χ1n) is 9.52. The van der Waals surface area contributed by atoms with Crippen molar-refractivity contribution in [3.63, 3.8) is 0 Å². The van der Waals surface area contributed by atoms with Gasteiger partial charge in [0.25, 0.3) is 5.91 Å². The zero-order chi connectivity index (χ0) is 20.8. The Balaban J connectivity index is 1.79. The van der Waals surface area contributed by atoms with Crippen molar-refractivity contribution in [1.82, 2.24) is 34.4 Å². The number of nitrogens with one attached hydrogen (secondary N) is 2. The van der Waals surface area contributed by atoms with Gasteiger partial charge >= 0.3 is 5.69 Å². The Bertz CT molecular complexity index is 1330. The maximum Gasteiger partial charge on any atom is 0.327 e. The summed E-state index contributed by atoms with van der Waals surface area (Å²) in [4.78, 5) is 41.2. The van der Waals surface area contributed by atoms with E-state index >= 15 is 0 Å². The quantitative estimate of drug-likeness (QED) is 0.525. The van der Waals surface area contributed by atoms with E-state index in [1.54, 1.807) is 10.6 Å². The highest BCUT2D eigenvalue weighted by Gasteiger charge is 2.25. The van der Waals surface area contributed by atoms with Gasteiger partial charge in [0.1, 0.15) is 17.7 Å². The molecule has 0 radical (unpaired) electrons. The van der Waals surface area contributed by atoms with E-state index < -0.39 is 11.7 Å². The second kappa shape index (κ2) is 7.02. The number of halogens is 1. The summed E-state index contributed by atoms with van der Waals surface area (Å²) in [7, 11) is 1.48. The molecule has 1 aliphatic heterocycles. The van der Waals surface area contributed by atoms with Gasteiger partial charge in [0.15, 0.2) is 11.3 Å². The number of nitrogens with zero attached hydrogens (tertiary/aromatic N) is 5. The van der Waals surface area contributed by atoms with Gasteiger partial charge in [-0.25, -0.2) is 19.2 Å². The van der Waals surface area contributed by atoms with E-state index in [1.165, 1.54) is 30.1 Å². The molecule has 1 aromatic carbocycles. The Morgan fingerprint density at radius 3 is 2.87 bits per heavy atom. The summed E-state index contributed by atoms with van der Waals surface area (Å²) in [6.07, 6.45) is 2.77. The lowest BCUT2D eigenvalue weighted by atomic mass is 10.1. The van der Waals surface area contributed by atoms with Crippen LogP contribution >= 0.6 is 0 Å². The number of aromatic nitrogens is 6. The molecule has 0 unspecified atom stereocenters. The van der Waals surface area contributed by atoms with Crippen LogP contribution in [-0.2, 0) is 4.74 Å². The average Bonchev–Trinajstić information content (AvgIpc) is 3.32. The van der Waals surface area contributed by atoms with Gasteiger partial charge in [-0.3, -0.25) is 13.9 Å². The van der Waals surface area contributed by atoms with Crippen LogP contribution in [0.3, 0.4) is 0 Å². The Hall–Kier alpha value is -3.60. The van der Waals surface area contributed by atoms with E-state index in [-0.39, 0.29) is 28.9 Å². The van der Waals surface area contributed by atoms with Crippen molar-refractivity contribution in [1.29, 1.82) is 0 Å². The number of H-pyrrole nitrogens is 1. The van der Waals surface area contributed by atoms with E-state index in [4.69, 9.17) is 4.74 Å². The van der Waals surface area contributed by atoms with Crippen molar-refractivity contribution in [3.8, 4) is 5.95 Å². The van der Waals surface area contributed by atoms with Crippen molar-refractivity contribution in [2.75, 3.05) is 20.3 Å². The lowest BCUT2D eigenvalue weighted by Crippen LogP contribution is -2.27. The fourth-order valence-electron chi connectivity index (χ4n) is 3.80. The molecule has 154 valence electrons. The first kappa shape index (κ1) is 18.4. The highest BCUT2D eigenvalue weighted by atomic mass is 19.1. The molecule has 1 saturated heterocycles. The smallest absolute Gasteiger partial charge is 0.327 e. The number of aromatic amines is 1. The summed E-state index contributed by atoms with van der Waals surface area (Å²) in [5.74, 6) is -0.786. The Morgan fingerprint density at radius 2 is 2.10 bits per heavy atom. The molecule has 1 fully saturated rings. The van der Waals surface area contributed by atoms with Crippen molar-refractivity contribution in [2.45, 2.75) is 18.9 Å². The molecule has 3 aromatic heterocycles. The lowest BCUT2D eigenvalue weighted by molar-refractivity contribution is 0.0697. The Kier molecular flexibility index (Phi) is 4.31. The van der Waals surface area contributed by atoms with Gasteiger partial charge in [0.05, 0.1) is 11.0 Å². The number of carbonyl (C=O) groups is 1. The van der Waals surface area contributed by atoms with Crippen LogP contribution in [0.5, 0.6) is 0 Å². The molecule has 4 aromatic rings. The largest absolute Gasteiger partial charge is 0.381 e. The molecule has 2 N–H and O–H groups in total. The normalized spacial score (nSPS) is 15.1. The molecule has 0 aliphatic carbocycles. The van der Waals surface area contributed by atoms with Crippen LogP contribution in [0.1, 0.15) is 29.4 Å². The zero-order valence-electron chi connectivity index (χ0n) is 16.1. The van der Waals surface area contributed by atoms with Gasteiger partial charge in [-0.1, -0.05) is 0 Å². The van der Waals surface area contributed by atoms with Crippen molar-refractivity contribution < 1.29 is 13.9 Å². The highest BCUT2D eigenvalue weighted by Crippen LogP contribution is 2.25. The molecule has 0 spiro atoms. The minimum absolute atomic E-state index is 0.0265. The van der Waals surface area contributed by atoms with Gasteiger partial charge in [-0.2, -0.15) is 4.98 Å². The first-order chi connectivity index (χ1) is 14.6. The van der Waals surface area contributed by atoms with Gasteiger partial charge in [-0.15, -0.1) is 0 Å². The molecule has 10 nitrogen and oxygen atoms in total. The topological polar surface area (TPSA) is 120 Å². The number of fused-ring (bicyclic) bond motifs is 2. The second-order valence-electron chi connectivity index (χ2n) is 7.04. The lowest BCUT2D eigenvalue weighted by Gasteiger charge is -2.22. The van der Waals surface area contributed by atoms with Crippen LogP contribution in [0.25, 0.3) is 28.1 Å². The molecule has 1 amide bonds. The van der Waals surface area contributed by atoms with Crippen molar-refractivity contribution in [2.24, 2.45) is 0 Å². The number of imidazole rings is 2. The SMILES string of the molecule is CNC(=O)c1nc(-n2cnc3ccc(F)cc32)nc2c1[nH]c(=O)n2C1CCOCC1. The third kappa shape index (κ3) is 2.86. The molecule has 11 heteroatoms. The van der Waals surface area contributed by atoms with Crippen molar-refractivity contribution >= 4 is 28.1 Å². The molecule has 1 aliphatic rings. The summed E-state index contributed by atoms with van der Waals surface area (Å²) in [6.45, 7) is 1.07. The van der Waals surface area contributed by atoms with E-state index in [9.17, 15) is 14.0 Å². The monoisotopic (exact) mass is 411 g/mol. The van der Waals surface area contributed by atoms with Gasteiger partial charge in [0, 0.05) is 32.4 Å². The van der Waals surface area contributed by atoms with E-state index in [0.717, 1.165) is 0 Å². The maximum absolute atomic E-state index is 13.8. The number of carbonyl (C=O) groups excluding carboxylic acids is 1. The predicted octanol–water partition coefficient (Wildman–Crippen LogP) is 1.31. The van der Waals surface area contributed by atoms with Gasteiger partial charge in [-0.05, 0) is 25.0 Å². The van der Waals surface area contributed by atoms with Crippen LogP contribution < -0.4 is 11.0 Å². The Morgan fingerprint density at radius 1 is 1.30 bits per heavy atom. The average molecular weight is 411 g/mol. The summed E-state index contributed by atoms with van der Waals surface area (Å²) in [6, 6.07) is 4.07. The number of hydrogen-bond acceptors (Lipinski definition) is 6. The van der Waals surface area contributed by atoms with Crippen molar-refractivity contribution in [3.05, 3.63) is 46.5 Å². The minimum atomic E-state index is -0.473. The predicted molar refractivity (Wildman–Crippen MR) is 105 cm³/mol. The van der Waals surface area contributed by atoms with E-state index in [2.05, 4.69) is 25.3 Å². The highest BCUT2D eigenvalue weighted by molar-refractivity contribution is 6.02. The van der Waals surface area contributed by atoms with E-state index in [0.29, 0.717) is 42.7 Å². The summed E-state index contributed by atoms with van der Waals surface area (Å²) >= 11 is 0. The fraction of sp³-hybridized carbons (Fsp3) is 0.316. The number of rotatable bonds is 3.